The van der Waals surface area contributed by atoms with Crippen molar-refractivity contribution in [2.75, 3.05) is 6.54 Å². The predicted molar refractivity (Wildman–Crippen MR) is 77.4 cm³/mol. The number of rotatable bonds is 4. The van der Waals surface area contributed by atoms with Crippen molar-refractivity contribution >= 4 is 0 Å². The molecule has 1 aliphatic heterocycles. The first-order valence-electron chi connectivity index (χ1n) is 7.19. The Morgan fingerprint density at radius 1 is 1.28 bits per heavy atom. The molecule has 0 spiro atoms. The van der Waals surface area contributed by atoms with Gasteiger partial charge in [-0.3, -0.25) is 4.90 Å². The van der Waals surface area contributed by atoms with Crippen LogP contribution in [0.5, 0.6) is 0 Å². The van der Waals surface area contributed by atoms with Crippen LogP contribution in [-0.2, 0) is 0 Å². The van der Waals surface area contributed by atoms with Gasteiger partial charge in [0.05, 0.1) is 0 Å². The molecule has 1 aromatic rings. The maximum absolute atomic E-state index is 6.50. The van der Waals surface area contributed by atoms with Crippen molar-refractivity contribution in [2.24, 2.45) is 11.7 Å². The standard InChI is InChI=1S/C16H26N2/c1-4-15(18-11-12(2)10-13(18)3)16(17)14-8-6-5-7-9-14/h5-9,12-13,15-16H,4,10-11,17H2,1-3H3. The molecule has 0 radical (unpaired) electrons. The van der Waals surface area contributed by atoms with Crippen LogP contribution in [0, 0.1) is 5.92 Å². The van der Waals surface area contributed by atoms with Crippen molar-refractivity contribution in [2.45, 2.75) is 51.7 Å². The monoisotopic (exact) mass is 246 g/mol. The minimum absolute atomic E-state index is 0.129. The molecular weight excluding hydrogens is 220 g/mol. The Morgan fingerprint density at radius 3 is 2.44 bits per heavy atom. The fraction of sp³-hybridized carbons (Fsp3) is 0.625. The van der Waals surface area contributed by atoms with E-state index in [1.165, 1.54) is 18.5 Å². The highest BCUT2D eigenvalue weighted by Crippen LogP contribution is 2.30. The van der Waals surface area contributed by atoms with Crippen LogP contribution in [0.4, 0.5) is 0 Å². The Bertz CT molecular complexity index is 363. The van der Waals surface area contributed by atoms with E-state index >= 15 is 0 Å². The number of hydrogen-bond acceptors (Lipinski definition) is 2. The van der Waals surface area contributed by atoms with E-state index < -0.39 is 0 Å². The highest BCUT2D eigenvalue weighted by Gasteiger charge is 2.34. The Balaban J connectivity index is 2.13. The topological polar surface area (TPSA) is 29.3 Å². The highest BCUT2D eigenvalue weighted by molar-refractivity contribution is 5.20. The zero-order valence-corrected chi connectivity index (χ0v) is 11.8. The first kappa shape index (κ1) is 13.6. The molecule has 0 bridgehead atoms. The fourth-order valence-corrected chi connectivity index (χ4v) is 3.39. The summed E-state index contributed by atoms with van der Waals surface area (Å²) in [7, 11) is 0. The van der Waals surface area contributed by atoms with Gasteiger partial charge in [-0.05, 0) is 31.2 Å². The normalized spacial score (nSPS) is 28.2. The van der Waals surface area contributed by atoms with Crippen LogP contribution in [0.2, 0.25) is 0 Å². The number of benzene rings is 1. The molecule has 0 saturated carbocycles. The highest BCUT2D eigenvalue weighted by atomic mass is 15.2. The maximum Gasteiger partial charge on any atom is 0.0453 e. The van der Waals surface area contributed by atoms with Gasteiger partial charge in [0.25, 0.3) is 0 Å². The summed E-state index contributed by atoms with van der Waals surface area (Å²) in [5.74, 6) is 0.803. The van der Waals surface area contributed by atoms with E-state index in [1.807, 2.05) is 0 Å². The molecule has 1 saturated heterocycles. The lowest BCUT2D eigenvalue weighted by atomic mass is 9.96. The van der Waals surface area contributed by atoms with Crippen molar-refractivity contribution in [3.63, 3.8) is 0 Å². The van der Waals surface area contributed by atoms with E-state index in [-0.39, 0.29) is 6.04 Å². The molecule has 1 heterocycles. The smallest absolute Gasteiger partial charge is 0.0453 e. The predicted octanol–water partition coefficient (Wildman–Crippen LogP) is 3.20. The van der Waals surface area contributed by atoms with Gasteiger partial charge in [0, 0.05) is 24.7 Å². The van der Waals surface area contributed by atoms with Gasteiger partial charge in [0.1, 0.15) is 0 Å². The number of nitrogens with zero attached hydrogens (tertiary/aromatic N) is 1. The number of hydrogen-bond donors (Lipinski definition) is 1. The summed E-state index contributed by atoms with van der Waals surface area (Å²) in [5, 5.41) is 0. The molecule has 2 nitrogen and oxygen atoms in total. The summed E-state index contributed by atoms with van der Waals surface area (Å²) < 4.78 is 0. The zero-order chi connectivity index (χ0) is 13.1. The van der Waals surface area contributed by atoms with E-state index in [0.717, 1.165) is 12.3 Å². The van der Waals surface area contributed by atoms with E-state index in [0.29, 0.717) is 12.1 Å². The minimum atomic E-state index is 0.129. The number of nitrogens with two attached hydrogens (primary N) is 1. The Hall–Kier alpha value is -0.860. The molecule has 0 amide bonds. The second-order valence-corrected chi connectivity index (χ2v) is 5.80. The van der Waals surface area contributed by atoms with Crippen molar-refractivity contribution in [3.05, 3.63) is 35.9 Å². The molecular formula is C16H26N2. The summed E-state index contributed by atoms with van der Waals surface area (Å²) in [4.78, 5) is 2.61. The Morgan fingerprint density at radius 2 is 1.94 bits per heavy atom. The van der Waals surface area contributed by atoms with Crippen LogP contribution in [0.3, 0.4) is 0 Å². The van der Waals surface area contributed by atoms with Crippen molar-refractivity contribution in [1.82, 2.24) is 4.90 Å². The molecule has 1 aromatic carbocycles. The molecule has 4 atom stereocenters. The summed E-state index contributed by atoms with van der Waals surface area (Å²) >= 11 is 0. The van der Waals surface area contributed by atoms with Gasteiger partial charge in [0.15, 0.2) is 0 Å². The molecule has 100 valence electrons. The van der Waals surface area contributed by atoms with Crippen LogP contribution in [0.1, 0.15) is 45.2 Å². The second kappa shape index (κ2) is 5.85. The molecule has 2 heteroatoms. The third-order valence-corrected chi connectivity index (χ3v) is 4.28. The first-order valence-corrected chi connectivity index (χ1v) is 7.19. The second-order valence-electron chi connectivity index (χ2n) is 5.80. The van der Waals surface area contributed by atoms with E-state index in [9.17, 15) is 0 Å². The van der Waals surface area contributed by atoms with Gasteiger partial charge in [0.2, 0.25) is 0 Å². The molecule has 0 aromatic heterocycles. The number of likely N-dealkylation sites (tertiary alicyclic amines) is 1. The summed E-state index contributed by atoms with van der Waals surface area (Å²) in [6.07, 6.45) is 2.42. The molecule has 18 heavy (non-hydrogen) atoms. The molecule has 2 rings (SSSR count). The Kier molecular flexibility index (Phi) is 4.41. The van der Waals surface area contributed by atoms with Crippen molar-refractivity contribution in [1.29, 1.82) is 0 Å². The molecule has 1 fully saturated rings. The lowest BCUT2D eigenvalue weighted by molar-refractivity contribution is 0.157. The van der Waals surface area contributed by atoms with Gasteiger partial charge in [-0.25, -0.2) is 0 Å². The van der Waals surface area contributed by atoms with E-state index in [2.05, 4.69) is 56.0 Å². The largest absolute Gasteiger partial charge is 0.323 e. The van der Waals surface area contributed by atoms with Gasteiger partial charge < -0.3 is 5.73 Å². The van der Waals surface area contributed by atoms with Gasteiger partial charge >= 0.3 is 0 Å². The molecule has 1 aliphatic rings. The molecule has 0 aliphatic carbocycles. The van der Waals surface area contributed by atoms with E-state index in [4.69, 9.17) is 5.73 Å². The first-order chi connectivity index (χ1) is 8.63. The van der Waals surface area contributed by atoms with Crippen LogP contribution >= 0.6 is 0 Å². The van der Waals surface area contributed by atoms with E-state index in [1.54, 1.807) is 0 Å². The summed E-state index contributed by atoms with van der Waals surface area (Å²) in [6.45, 7) is 8.13. The maximum atomic E-state index is 6.50. The molecule has 4 unspecified atom stereocenters. The van der Waals surface area contributed by atoms with Crippen molar-refractivity contribution in [3.8, 4) is 0 Å². The quantitative estimate of drug-likeness (QED) is 0.884. The van der Waals surface area contributed by atoms with Gasteiger partial charge in [-0.1, -0.05) is 44.2 Å². The zero-order valence-electron chi connectivity index (χ0n) is 11.8. The SMILES string of the molecule is CCC(C(N)c1ccccc1)N1CC(C)CC1C. The van der Waals surface area contributed by atoms with Crippen LogP contribution in [0.25, 0.3) is 0 Å². The van der Waals surface area contributed by atoms with Crippen LogP contribution in [-0.4, -0.2) is 23.5 Å². The molecule has 2 N–H and O–H groups in total. The average Bonchev–Trinajstić information content (AvgIpc) is 2.70. The Labute approximate surface area is 111 Å². The lowest BCUT2D eigenvalue weighted by Crippen LogP contribution is -2.44. The average molecular weight is 246 g/mol. The van der Waals surface area contributed by atoms with Crippen molar-refractivity contribution < 1.29 is 0 Å². The third-order valence-electron chi connectivity index (χ3n) is 4.28. The summed E-state index contributed by atoms with van der Waals surface area (Å²) in [6, 6.07) is 11.8. The lowest BCUT2D eigenvalue weighted by Gasteiger charge is -2.35. The van der Waals surface area contributed by atoms with Crippen LogP contribution < -0.4 is 5.73 Å². The van der Waals surface area contributed by atoms with Crippen LogP contribution in [0.15, 0.2) is 30.3 Å². The van der Waals surface area contributed by atoms with Gasteiger partial charge in [-0.15, -0.1) is 0 Å². The minimum Gasteiger partial charge on any atom is -0.323 e. The fourth-order valence-electron chi connectivity index (χ4n) is 3.39. The van der Waals surface area contributed by atoms with Gasteiger partial charge in [-0.2, -0.15) is 0 Å². The summed E-state index contributed by atoms with van der Waals surface area (Å²) in [5.41, 5.74) is 7.76. The third kappa shape index (κ3) is 2.76.